The van der Waals surface area contributed by atoms with Crippen LogP contribution in [0, 0.1) is 0 Å². The Labute approximate surface area is 79.9 Å². The molecular formula is C9H9NO2S. The highest BCUT2D eigenvalue weighted by Crippen LogP contribution is 2.41. The van der Waals surface area contributed by atoms with Crippen LogP contribution in [0.1, 0.15) is 5.56 Å². The number of thioether (sulfide) groups is 1. The van der Waals surface area contributed by atoms with Crippen molar-refractivity contribution in [3.8, 4) is 0 Å². The van der Waals surface area contributed by atoms with Crippen molar-refractivity contribution in [3.05, 3.63) is 29.8 Å². The van der Waals surface area contributed by atoms with Gasteiger partial charge in [-0.05, 0) is 11.6 Å². The summed E-state index contributed by atoms with van der Waals surface area (Å²) in [5.41, 5.74) is 6.74. The smallest absolute Gasteiger partial charge is 0.334 e. The first kappa shape index (κ1) is 8.59. The third kappa shape index (κ3) is 1.32. The molecule has 0 bridgehead atoms. The summed E-state index contributed by atoms with van der Waals surface area (Å²) in [5, 5.41) is 8.90. The molecule has 0 saturated heterocycles. The fraction of sp³-hybridized carbons (Fsp3) is 0.222. The second kappa shape index (κ2) is 2.75. The Bertz CT molecular complexity index is 339. The Kier molecular flexibility index (Phi) is 1.82. The van der Waals surface area contributed by atoms with Gasteiger partial charge in [-0.25, -0.2) is 4.79 Å². The van der Waals surface area contributed by atoms with Gasteiger partial charge < -0.3 is 10.8 Å². The first-order valence-electron chi connectivity index (χ1n) is 3.91. The van der Waals surface area contributed by atoms with E-state index < -0.39 is 10.8 Å². The van der Waals surface area contributed by atoms with Gasteiger partial charge in [0.15, 0.2) is 4.87 Å². The quantitative estimate of drug-likeness (QED) is 0.703. The lowest BCUT2D eigenvalue weighted by Crippen LogP contribution is -2.44. The maximum Gasteiger partial charge on any atom is 0.334 e. The Morgan fingerprint density at radius 3 is 2.85 bits per heavy atom. The minimum atomic E-state index is -1.16. The van der Waals surface area contributed by atoms with Crippen molar-refractivity contribution in [1.29, 1.82) is 0 Å². The molecule has 3 nitrogen and oxygen atoms in total. The average molecular weight is 195 g/mol. The monoisotopic (exact) mass is 195 g/mol. The number of hydrogen-bond donors (Lipinski definition) is 2. The molecular weight excluding hydrogens is 186 g/mol. The van der Waals surface area contributed by atoms with Crippen molar-refractivity contribution in [2.24, 2.45) is 5.73 Å². The number of hydrogen-bond acceptors (Lipinski definition) is 3. The van der Waals surface area contributed by atoms with E-state index in [0.29, 0.717) is 6.42 Å². The Morgan fingerprint density at radius 1 is 1.54 bits per heavy atom. The van der Waals surface area contributed by atoms with Crippen molar-refractivity contribution < 1.29 is 9.90 Å². The number of benzene rings is 1. The number of nitrogens with two attached hydrogens (primary N) is 1. The normalized spacial score (nSPS) is 25.6. The van der Waals surface area contributed by atoms with Gasteiger partial charge in [0.2, 0.25) is 0 Å². The zero-order chi connectivity index (χ0) is 9.47. The number of carbonyl (C=O) groups is 1. The molecule has 1 aromatic carbocycles. The highest BCUT2D eigenvalue weighted by atomic mass is 32.2. The summed E-state index contributed by atoms with van der Waals surface area (Å²) < 4.78 is 0. The van der Waals surface area contributed by atoms with Gasteiger partial charge in [-0.2, -0.15) is 0 Å². The number of carboxylic acids is 1. The lowest BCUT2D eigenvalue weighted by molar-refractivity contribution is -0.139. The van der Waals surface area contributed by atoms with E-state index in [1.807, 2.05) is 24.3 Å². The van der Waals surface area contributed by atoms with Crippen LogP contribution >= 0.6 is 11.8 Å². The van der Waals surface area contributed by atoms with Crippen LogP contribution in [0.3, 0.4) is 0 Å². The summed E-state index contributed by atoms with van der Waals surface area (Å²) in [6.45, 7) is 0. The summed E-state index contributed by atoms with van der Waals surface area (Å²) in [6.07, 6.45) is 0.406. The van der Waals surface area contributed by atoms with E-state index in [1.165, 1.54) is 11.8 Å². The SMILES string of the molecule is NC1(C(=O)O)Cc2ccccc2S1. The topological polar surface area (TPSA) is 63.3 Å². The van der Waals surface area contributed by atoms with Crippen LogP contribution in [0.2, 0.25) is 0 Å². The van der Waals surface area contributed by atoms with Crippen molar-refractivity contribution in [3.63, 3.8) is 0 Å². The van der Waals surface area contributed by atoms with Gasteiger partial charge in [-0.1, -0.05) is 30.0 Å². The summed E-state index contributed by atoms with van der Waals surface area (Å²) in [4.78, 5) is 10.7. The third-order valence-corrected chi connectivity index (χ3v) is 3.38. The predicted octanol–water partition coefficient (Wildman–Crippen LogP) is 1.07. The summed E-state index contributed by atoms with van der Waals surface area (Å²) in [7, 11) is 0. The molecule has 1 atom stereocenters. The van der Waals surface area contributed by atoms with E-state index in [-0.39, 0.29) is 0 Å². The Morgan fingerprint density at radius 2 is 2.23 bits per heavy atom. The van der Waals surface area contributed by atoms with Crippen molar-refractivity contribution in [1.82, 2.24) is 0 Å². The van der Waals surface area contributed by atoms with Gasteiger partial charge in [-0.3, -0.25) is 0 Å². The van der Waals surface area contributed by atoms with Crippen LogP contribution in [0.15, 0.2) is 29.2 Å². The minimum absolute atomic E-state index is 0.406. The van der Waals surface area contributed by atoms with Gasteiger partial charge in [0.25, 0.3) is 0 Å². The molecule has 0 amide bonds. The maximum atomic E-state index is 10.8. The molecule has 1 heterocycles. The molecule has 1 aromatic rings. The molecule has 2 rings (SSSR count). The van der Waals surface area contributed by atoms with E-state index in [9.17, 15) is 4.79 Å². The second-order valence-corrected chi connectivity index (χ2v) is 4.45. The zero-order valence-corrected chi connectivity index (χ0v) is 7.67. The molecule has 1 unspecified atom stereocenters. The summed E-state index contributed by atoms with van der Waals surface area (Å²) >= 11 is 1.22. The molecule has 4 heteroatoms. The molecule has 0 spiro atoms. The van der Waals surface area contributed by atoms with E-state index in [0.717, 1.165) is 10.5 Å². The van der Waals surface area contributed by atoms with Crippen LogP contribution in [0.4, 0.5) is 0 Å². The Hall–Kier alpha value is -1.00. The van der Waals surface area contributed by atoms with Crippen molar-refractivity contribution >= 4 is 17.7 Å². The van der Waals surface area contributed by atoms with Crippen LogP contribution in [0.25, 0.3) is 0 Å². The lowest BCUT2D eigenvalue weighted by Gasteiger charge is -2.15. The van der Waals surface area contributed by atoms with Gasteiger partial charge in [0.05, 0.1) is 0 Å². The molecule has 0 aliphatic carbocycles. The van der Waals surface area contributed by atoms with Gasteiger partial charge >= 0.3 is 5.97 Å². The first-order valence-corrected chi connectivity index (χ1v) is 4.73. The largest absolute Gasteiger partial charge is 0.479 e. The Balaban J connectivity index is 2.37. The van der Waals surface area contributed by atoms with Gasteiger partial charge in [0.1, 0.15) is 0 Å². The molecule has 0 radical (unpaired) electrons. The highest BCUT2D eigenvalue weighted by molar-refractivity contribution is 8.01. The molecule has 13 heavy (non-hydrogen) atoms. The third-order valence-electron chi connectivity index (χ3n) is 2.08. The van der Waals surface area contributed by atoms with Crippen LogP contribution in [-0.4, -0.2) is 15.9 Å². The number of fused-ring (bicyclic) bond motifs is 1. The number of carboxylic acid groups (broad SMARTS) is 1. The molecule has 0 aromatic heterocycles. The molecule has 1 aliphatic rings. The fourth-order valence-electron chi connectivity index (χ4n) is 1.38. The molecule has 0 fully saturated rings. The van der Waals surface area contributed by atoms with E-state index >= 15 is 0 Å². The first-order chi connectivity index (χ1) is 6.12. The predicted molar refractivity (Wildman–Crippen MR) is 50.6 cm³/mol. The second-order valence-electron chi connectivity index (χ2n) is 3.08. The number of aliphatic carboxylic acids is 1. The molecule has 68 valence electrons. The fourth-order valence-corrected chi connectivity index (χ4v) is 2.51. The van der Waals surface area contributed by atoms with Crippen LogP contribution in [0.5, 0.6) is 0 Å². The highest BCUT2D eigenvalue weighted by Gasteiger charge is 2.41. The van der Waals surface area contributed by atoms with E-state index in [4.69, 9.17) is 10.8 Å². The van der Waals surface area contributed by atoms with Crippen LogP contribution < -0.4 is 5.73 Å². The lowest BCUT2D eigenvalue weighted by atomic mass is 10.1. The maximum absolute atomic E-state index is 10.8. The van der Waals surface area contributed by atoms with Crippen molar-refractivity contribution in [2.75, 3.05) is 0 Å². The van der Waals surface area contributed by atoms with Gasteiger partial charge in [-0.15, -0.1) is 0 Å². The molecule has 3 N–H and O–H groups in total. The minimum Gasteiger partial charge on any atom is -0.479 e. The van der Waals surface area contributed by atoms with Crippen molar-refractivity contribution in [2.45, 2.75) is 16.2 Å². The van der Waals surface area contributed by atoms with Gasteiger partial charge in [0, 0.05) is 11.3 Å². The van der Waals surface area contributed by atoms with E-state index in [1.54, 1.807) is 0 Å². The summed E-state index contributed by atoms with van der Waals surface area (Å²) in [5.74, 6) is -0.950. The zero-order valence-electron chi connectivity index (χ0n) is 6.86. The van der Waals surface area contributed by atoms with E-state index in [2.05, 4.69) is 0 Å². The summed E-state index contributed by atoms with van der Waals surface area (Å²) in [6, 6.07) is 7.60. The molecule has 0 saturated carbocycles. The van der Waals surface area contributed by atoms with Crippen LogP contribution in [-0.2, 0) is 11.2 Å². The number of rotatable bonds is 1. The average Bonchev–Trinajstić information content (AvgIpc) is 2.42. The standard InChI is InChI=1S/C9H9NO2S/c10-9(8(11)12)5-6-3-1-2-4-7(6)13-9/h1-4H,5,10H2,(H,11,12). The molecule has 1 aliphatic heterocycles.